The molecule has 4 nitrogen and oxygen atoms in total. The fourth-order valence-corrected chi connectivity index (χ4v) is 6.10. The number of benzene rings is 3. The van der Waals surface area contributed by atoms with Gasteiger partial charge in [0.1, 0.15) is 5.75 Å². The lowest BCUT2D eigenvalue weighted by molar-refractivity contribution is 0.415. The topological polar surface area (TPSA) is 43.6 Å². The predicted molar refractivity (Wildman–Crippen MR) is 146 cm³/mol. The molecule has 5 heteroatoms. The maximum atomic E-state index is 13.8. The average molecular weight is 491 g/mol. The minimum atomic E-state index is -0.144. The minimum Gasteiger partial charge on any atom is -0.497 e. The van der Waals surface area contributed by atoms with Gasteiger partial charge >= 0.3 is 0 Å². The largest absolute Gasteiger partial charge is 0.497 e. The first-order valence-electron chi connectivity index (χ1n) is 12.2. The van der Waals surface area contributed by atoms with Gasteiger partial charge in [0.05, 0.1) is 23.4 Å². The van der Waals surface area contributed by atoms with Crippen LogP contribution in [-0.2, 0) is 0 Å². The lowest BCUT2D eigenvalue weighted by atomic mass is 9.84. The molecule has 2 aliphatic rings. The molecule has 0 amide bonds. The quantitative estimate of drug-likeness (QED) is 0.380. The van der Waals surface area contributed by atoms with Crippen LogP contribution in [0.3, 0.4) is 0 Å². The summed E-state index contributed by atoms with van der Waals surface area (Å²) in [5, 5.41) is 0. The number of fused-ring (bicyclic) bond motifs is 1. The van der Waals surface area contributed by atoms with E-state index in [0.717, 1.165) is 46.6 Å². The van der Waals surface area contributed by atoms with E-state index >= 15 is 0 Å². The van der Waals surface area contributed by atoms with Crippen LogP contribution in [0.2, 0.25) is 0 Å². The van der Waals surface area contributed by atoms with E-state index in [2.05, 4.69) is 42.5 Å². The Labute approximate surface area is 213 Å². The highest BCUT2D eigenvalue weighted by Crippen LogP contribution is 2.40. The van der Waals surface area contributed by atoms with Gasteiger partial charge in [0.15, 0.2) is 4.80 Å². The van der Waals surface area contributed by atoms with Crippen molar-refractivity contribution in [3.05, 3.63) is 138 Å². The van der Waals surface area contributed by atoms with Crippen molar-refractivity contribution in [3.63, 3.8) is 0 Å². The van der Waals surface area contributed by atoms with Crippen molar-refractivity contribution < 1.29 is 4.74 Å². The first-order chi connectivity index (χ1) is 17.7. The molecule has 36 heavy (non-hydrogen) atoms. The molecule has 0 saturated carbocycles. The Bertz CT molecular complexity index is 1640. The third-order valence-electron chi connectivity index (χ3n) is 6.80. The van der Waals surface area contributed by atoms with Gasteiger partial charge in [-0.1, -0.05) is 84.1 Å². The van der Waals surface area contributed by atoms with E-state index in [-0.39, 0.29) is 11.6 Å². The number of allylic oxidation sites excluding steroid dienone is 2. The van der Waals surface area contributed by atoms with Crippen molar-refractivity contribution in [1.82, 2.24) is 4.57 Å². The summed E-state index contributed by atoms with van der Waals surface area (Å²) in [6.45, 7) is 0. The predicted octanol–water partition coefficient (Wildman–Crippen LogP) is 5.49. The average Bonchev–Trinajstić information content (AvgIpc) is 3.23. The molecule has 0 bridgehead atoms. The van der Waals surface area contributed by atoms with Crippen LogP contribution in [0, 0.1) is 0 Å². The molecule has 1 aliphatic heterocycles. The third-order valence-corrected chi connectivity index (χ3v) is 7.79. The Kier molecular flexibility index (Phi) is 5.99. The summed E-state index contributed by atoms with van der Waals surface area (Å²) in [5.41, 5.74) is 6.80. The molecule has 1 aliphatic carbocycles. The Morgan fingerprint density at radius 3 is 2.31 bits per heavy atom. The number of methoxy groups -OCH3 is 1. The lowest BCUT2D eigenvalue weighted by Gasteiger charge is -2.31. The summed E-state index contributed by atoms with van der Waals surface area (Å²) in [6.07, 6.45) is 7.18. The van der Waals surface area contributed by atoms with Crippen LogP contribution in [0.15, 0.2) is 112 Å². The highest BCUT2D eigenvalue weighted by Gasteiger charge is 2.32. The van der Waals surface area contributed by atoms with E-state index in [4.69, 9.17) is 9.73 Å². The zero-order valence-corrected chi connectivity index (χ0v) is 20.9. The zero-order chi connectivity index (χ0) is 24.5. The van der Waals surface area contributed by atoms with E-state index in [1.807, 2.05) is 59.2 Å². The molecule has 0 unspecified atom stereocenters. The highest BCUT2D eigenvalue weighted by molar-refractivity contribution is 7.07. The summed E-state index contributed by atoms with van der Waals surface area (Å²) in [5.74, 6) is 0.795. The van der Waals surface area contributed by atoms with Gasteiger partial charge in [-0.3, -0.25) is 9.36 Å². The van der Waals surface area contributed by atoms with Crippen molar-refractivity contribution in [1.29, 1.82) is 0 Å². The first kappa shape index (κ1) is 22.5. The number of thiazole rings is 1. The van der Waals surface area contributed by atoms with Crippen molar-refractivity contribution in [3.8, 4) is 5.75 Å². The molecule has 0 saturated heterocycles. The summed E-state index contributed by atoms with van der Waals surface area (Å²) in [6, 6.07) is 28.4. The molecule has 1 atom stereocenters. The molecule has 0 N–H and O–H groups in total. The molecule has 1 aromatic heterocycles. The molecule has 3 aromatic carbocycles. The minimum absolute atomic E-state index is 0.00846. The van der Waals surface area contributed by atoms with Gasteiger partial charge in [0.25, 0.3) is 5.56 Å². The number of hydrogen-bond acceptors (Lipinski definition) is 4. The Morgan fingerprint density at radius 2 is 1.58 bits per heavy atom. The van der Waals surface area contributed by atoms with E-state index in [1.54, 1.807) is 7.11 Å². The maximum absolute atomic E-state index is 13.8. The van der Waals surface area contributed by atoms with Gasteiger partial charge in [0.2, 0.25) is 0 Å². The van der Waals surface area contributed by atoms with Gasteiger partial charge in [-0.15, -0.1) is 0 Å². The SMILES string of the molecule is COc1ccc(C=c2sc3n(c2=O)[C@H](c2ccccc2)C2=C(N=3)/C(=C\c3ccccc3)CCC2)cc1. The molecule has 0 spiro atoms. The smallest absolute Gasteiger partial charge is 0.271 e. The molecule has 4 aromatic rings. The fraction of sp³-hybridized carbons (Fsp3) is 0.161. The van der Waals surface area contributed by atoms with Crippen molar-refractivity contribution >= 4 is 23.5 Å². The number of nitrogens with zero attached hydrogens (tertiary/aromatic N) is 2. The second kappa shape index (κ2) is 9.59. The Morgan fingerprint density at radius 1 is 0.889 bits per heavy atom. The van der Waals surface area contributed by atoms with Crippen molar-refractivity contribution in [2.45, 2.75) is 25.3 Å². The number of hydrogen-bond donors (Lipinski definition) is 0. The molecular formula is C31H26N2O2S. The molecule has 6 rings (SSSR count). The van der Waals surface area contributed by atoms with Gasteiger partial charge in [-0.2, -0.15) is 0 Å². The monoisotopic (exact) mass is 490 g/mol. The number of rotatable bonds is 4. The maximum Gasteiger partial charge on any atom is 0.271 e. The van der Waals surface area contributed by atoms with Gasteiger partial charge in [0, 0.05) is 0 Å². The molecule has 2 heterocycles. The van der Waals surface area contributed by atoms with E-state index in [1.165, 1.54) is 28.0 Å². The van der Waals surface area contributed by atoms with Gasteiger partial charge in [-0.05, 0) is 71.4 Å². The van der Waals surface area contributed by atoms with Crippen LogP contribution in [0.5, 0.6) is 5.75 Å². The molecule has 0 fully saturated rings. The van der Waals surface area contributed by atoms with E-state index in [0.29, 0.717) is 4.53 Å². The summed E-state index contributed by atoms with van der Waals surface area (Å²) in [7, 11) is 1.65. The van der Waals surface area contributed by atoms with Gasteiger partial charge < -0.3 is 4.74 Å². The van der Waals surface area contributed by atoms with Crippen LogP contribution >= 0.6 is 11.3 Å². The van der Waals surface area contributed by atoms with Gasteiger partial charge in [-0.25, -0.2) is 4.99 Å². The second-order valence-electron chi connectivity index (χ2n) is 9.07. The van der Waals surface area contributed by atoms with E-state index in [9.17, 15) is 4.79 Å². The number of ether oxygens (including phenoxy) is 1. The zero-order valence-electron chi connectivity index (χ0n) is 20.1. The highest BCUT2D eigenvalue weighted by atomic mass is 32.1. The number of aromatic nitrogens is 1. The fourth-order valence-electron chi connectivity index (χ4n) is 5.09. The van der Waals surface area contributed by atoms with Crippen LogP contribution < -0.4 is 19.6 Å². The second-order valence-corrected chi connectivity index (χ2v) is 10.1. The summed E-state index contributed by atoms with van der Waals surface area (Å²) in [4.78, 5) is 19.7. The summed E-state index contributed by atoms with van der Waals surface area (Å²) < 4.78 is 7.87. The van der Waals surface area contributed by atoms with Crippen LogP contribution in [0.25, 0.3) is 12.2 Å². The normalized spacial score (nSPS) is 18.5. The Hall–Kier alpha value is -3.96. The van der Waals surface area contributed by atoms with Crippen LogP contribution in [0.4, 0.5) is 0 Å². The Balaban J connectivity index is 1.55. The van der Waals surface area contributed by atoms with Crippen molar-refractivity contribution in [2.75, 3.05) is 7.11 Å². The van der Waals surface area contributed by atoms with Crippen LogP contribution in [0.1, 0.15) is 42.0 Å². The van der Waals surface area contributed by atoms with Crippen molar-refractivity contribution in [2.24, 2.45) is 4.99 Å². The third kappa shape index (κ3) is 4.16. The first-order valence-corrected chi connectivity index (χ1v) is 13.0. The lowest BCUT2D eigenvalue weighted by Crippen LogP contribution is -2.39. The molecular weight excluding hydrogens is 464 g/mol. The summed E-state index contributed by atoms with van der Waals surface area (Å²) >= 11 is 1.46. The van der Waals surface area contributed by atoms with E-state index < -0.39 is 0 Å². The standard InChI is InChI=1S/C31H26N2O2S/c1-35-25-17-15-22(16-18-25)20-27-30(34)33-29(23-11-6-3-7-12-23)26-14-8-13-24(28(26)32-31(33)36-27)19-21-9-4-2-5-10-21/h2-7,9-12,15-20,29H,8,13-14H2,1H3/b24-19-,27-20?/t29-/m1/s1. The molecule has 0 radical (unpaired) electrons. The molecule has 178 valence electrons. The van der Waals surface area contributed by atoms with Crippen LogP contribution in [-0.4, -0.2) is 11.7 Å².